The summed E-state index contributed by atoms with van der Waals surface area (Å²) in [7, 11) is 0. The fraction of sp³-hybridized carbons (Fsp3) is 0.571. The van der Waals surface area contributed by atoms with Crippen LogP contribution in [0.15, 0.2) is 18.2 Å². The minimum Gasteiger partial charge on any atom is -0.491 e. The molecular weight excluding hydrogens is 233 g/mol. The summed E-state index contributed by atoms with van der Waals surface area (Å²) in [6.45, 7) is 7.67. The Balaban J connectivity index is 2.46. The van der Waals surface area contributed by atoms with E-state index in [1.165, 1.54) is 12.1 Å². The fourth-order valence-corrected chi connectivity index (χ4v) is 1.54. The van der Waals surface area contributed by atoms with Crippen molar-refractivity contribution < 1.29 is 13.9 Å². The molecule has 0 bridgehead atoms. The van der Waals surface area contributed by atoms with Crippen LogP contribution in [-0.4, -0.2) is 19.8 Å². The van der Waals surface area contributed by atoms with E-state index in [-0.39, 0.29) is 11.9 Å². The molecule has 4 heteroatoms. The van der Waals surface area contributed by atoms with Gasteiger partial charge in [0.1, 0.15) is 18.2 Å². The van der Waals surface area contributed by atoms with Crippen LogP contribution in [0.4, 0.5) is 4.39 Å². The topological polar surface area (TPSA) is 44.5 Å². The van der Waals surface area contributed by atoms with Crippen LogP contribution in [0.5, 0.6) is 5.75 Å². The lowest BCUT2D eigenvalue weighted by Crippen LogP contribution is -2.13. The van der Waals surface area contributed by atoms with Crippen LogP contribution in [0.25, 0.3) is 0 Å². The standard InChI is InChI=1S/C14H22FNO2/c1-10(2)9-17-6-7-18-14-5-4-12(15)8-13(14)11(3)16/h4-5,8,10-11H,6-7,9,16H2,1-3H3. The minimum absolute atomic E-state index is 0.257. The van der Waals surface area contributed by atoms with Gasteiger partial charge in [-0.2, -0.15) is 0 Å². The highest BCUT2D eigenvalue weighted by atomic mass is 19.1. The lowest BCUT2D eigenvalue weighted by Gasteiger charge is -2.14. The number of benzene rings is 1. The van der Waals surface area contributed by atoms with Crippen molar-refractivity contribution in [1.29, 1.82) is 0 Å². The van der Waals surface area contributed by atoms with Gasteiger partial charge in [-0.05, 0) is 31.0 Å². The van der Waals surface area contributed by atoms with Crippen LogP contribution < -0.4 is 10.5 Å². The summed E-state index contributed by atoms with van der Waals surface area (Å²) < 4.78 is 24.1. The first-order chi connectivity index (χ1) is 8.50. The lowest BCUT2D eigenvalue weighted by molar-refractivity contribution is 0.0815. The van der Waals surface area contributed by atoms with Crippen molar-refractivity contribution >= 4 is 0 Å². The summed E-state index contributed by atoms with van der Waals surface area (Å²) in [5.74, 6) is 0.834. The maximum atomic E-state index is 13.1. The predicted molar refractivity (Wildman–Crippen MR) is 70.2 cm³/mol. The Morgan fingerprint density at radius 1 is 1.22 bits per heavy atom. The Morgan fingerprint density at radius 2 is 1.94 bits per heavy atom. The summed E-state index contributed by atoms with van der Waals surface area (Å²) in [6, 6.07) is 4.13. The van der Waals surface area contributed by atoms with E-state index in [9.17, 15) is 4.39 Å². The van der Waals surface area contributed by atoms with E-state index in [1.807, 2.05) is 0 Å². The highest BCUT2D eigenvalue weighted by molar-refractivity contribution is 5.36. The van der Waals surface area contributed by atoms with Gasteiger partial charge in [0.15, 0.2) is 0 Å². The van der Waals surface area contributed by atoms with Crippen molar-refractivity contribution in [3.63, 3.8) is 0 Å². The number of hydrogen-bond donors (Lipinski definition) is 1. The molecule has 0 fully saturated rings. The SMILES string of the molecule is CC(C)COCCOc1ccc(F)cc1C(C)N. The number of nitrogens with two attached hydrogens (primary N) is 1. The first-order valence-corrected chi connectivity index (χ1v) is 6.26. The van der Waals surface area contributed by atoms with E-state index in [1.54, 1.807) is 13.0 Å². The lowest BCUT2D eigenvalue weighted by atomic mass is 10.1. The van der Waals surface area contributed by atoms with Crippen molar-refractivity contribution in [2.24, 2.45) is 11.7 Å². The summed E-state index contributed by atoms with van der Waals surface area (Å²) in [5, 5.41) is 0. The molecule has 0 aromatic heterocycles. The molecule has 0 aliphatic carbocycles. The largest absolute Gasteiger partial charge is 0.491 e. The molecule has 1 aromatic carbocycles. The molecule has 102 valence electrons. The van der Waals surface area contributed by atoms with E-state index in [2.05, 4.69) is 13.8 Å². The van der Waals surface area contributed by atoms with Crippen LogP contribution >= 0.6 is 0 Å². The molecule has 0 aliphatic rings. The number of rotatable bonds is 7. The van der Waals surface area contributed by atoms with Gasteiger partial charge in [0.25, 0.3) is 0 Å². The highest BCUT2D eigenvalue weighted by Gasteiger charge is 2.09. The molecule has 1 aromatic rings. The van der Waals surface area contributed by atoms with Gasteiger partial charge >= 0.3 is 0 Å². The van der Waals surface area contributed by atoms with Gasteiger partial charge in [-0.15, -0.1) is 0 Å². The minimum atomic E-state index is -0.300. The third-order valence-electron chi connectivity index (χ3n) is 2.40. The maximum Gasteiger partial charge on any atom is 0.124 e. The summed E-state index contributed by atoms with van der Waals surface area (Å²) >= 11 is 0. The number of hydrogen-bond acceptors (Lipinski definition) is 3. The van der Waals surface area contributed by atoms with E-state index in [4.69, 9.17) is 15.2 Å². The molecule has 0 heterocycles. The fourth-order valence-electron chi connectivity index (χ4n) is 1.54. The van der Waals surface area contributed by atoms with Gasteiger partial charge in [-0.3, -0.25) is 0 Å². The summed E-state index contributed by atoms with van der Waals surface area (Å²) in [6.07, 6.45) is 0. The third kappa shape index (κ3) is 5.02. The Hall–Kier alpha value is -1.13. The first kappa shape index (κ1) is 14.9. The van der Waals surface area contributed by atoms with Gasteiger partial charge in [0.05, 0.1) is 6.61 Å². The molecular formula is C14H22FNO2. The molecule has 0 spiro atoms. The van der Waals surface area contributed by atoms with Crippen LogP contribution in [-0.2, 0) is 4.74 Å². The Labute approximate surface area is 108 Å². The first-order valence-electron chi connectivity index (χ1n) is 6.26. The molecule has 1 unspecified atom stereocenters. The normalized spacial score (nSPS) is 12.8. The van der Waals surface area contributed by atoms with Gasteiger partial charge in [-0.25, -0.2) is 4.39 Å². The summed E-state index contributed by atoms with van der Waals surface area (Å²) in [5.41, 5.74) is 6.46. The van der Waals surface area contributed by atoms with E-state index < -0.39 is 0 Å². The second kappa shape index (κ2) is 7.34. The maximum absolute atomic E-state index is 13.1. The average Bonchev–Trinajstić information content (AvgIpc) is 2.29. The zero-order valence-corrected chi connectivity index (χ0v) is 11.3. The molecule has 0 aliphatic heterocycles. The molecule has 0 saturated carbocycles. The van der Waals surface area contributed by atoms with Crippen LogP contribution in [0.2, 0.25) is 0 Å². The van der Waals surface area contributed by atoms with Crippen molar-refractivity contribution in [1.82, 2.24) is 0 Å². The molecule has 1 atom stereocenters. The molecule has 18 heavy (non-hydrogen) atoms. The van der Waals surface area contributed by atoms with Gasteiger partial charge in [0, 0.05) is 18.2 Å². The summed E-state index contributed by atoms with van der Waals surface area (Å²) in [4.78, 5) is 0. The Kier molecular flexibility index (Phi) is 6.09. The number of halogens is 1. The van der Waals surface area contributed by atoms with Crippen molar-refractivity contribution in [2.75, 3.05) is 19.8 Å². The van der Waals surface area contributed by atoms with Crippen LogP contribution in [0.3, 0.4) is 0 Å². The molecule has 0 radical (unpaired) electrons. The van der Waals surface area contributed by atoms with Crippen LogP contribution in [0, 0.1) is 11.7 Å². The monoisotopic (exact) mass is 255 g/mol. The Bertz CT molecular complexity index is 367. The predicted octanol–water partition coefficient (Wildman–Crippen LogP) is 2.90. The number of ether oxygens (including phenoxy) is 2. The Morgan fingerprint density at radius 3 is 2.56 bits per heavy atom. The van der Waals surface area contributed by atoms with Gasteiger partial charge in [0.2, 0.25) is 0 Å². The third-order valence-corrected chi connectivity index (χ3v) is 2.40. The molecule has 3 nitrogen and oxygen atoms in total. The highest BCUT2D eigenvalue weighted by Crippen LogP contribution is 2.24. The van der Waals surface area contributed by atoms with Gasteiger partial charge in [-0.1, -0.05) is 13.8 Å². The quantitative estimate of drug-likeness (QED) is 0.762. The molecule has 0 amide bonds. The van der Waals surface area contributed by atoms with E-state index in [0.717, 1.165) is 0 Å². The molecule has 1 rings (SSSR count). The average molecular weight is 255 g/mol. The van der Waals surface area contributed by atoms with Crippen molar-refractivity contribution in [3.8, 4) is 5.75 Å². The zero-order chi connectivity index (χ0) is 13.5. The second-order valence-electron chi connectivity index (χ2n) is 4.79. The van der Waals surface area contributed by atoms with Gasteiger partial charge < -0.3 is 15.2 Å². The van der Waals surface area contributed by atoms with Crippen molar-refractivity contribution in [2.45, 2.75) is 26.8 Å². The second-order valence-corrected chi connectivity index (χ2v) is 4.79. The molecule has 2 N–H and O–H groups in total. The molecule has 0 saturated heterocycles. The van der Waals surface area contributed by atoms with Crippen LogP contribution in [0.1, 0.15) is 32.4 Å². The smallest absolute Gasteiger partial charge is 0.124 e. The van der Waals surface area contributed by atoms with E-state index in [0.29, 0.717) is 37.1 Å². The van der Waals surface area contributed by atoms with E-state index >= 15 is 0 Å². The zero-order valence-electron chi connectivity index (χ0n) is 11.3. The van der Waals surface area contributed by atoms with Crippen molar-refractivity contribution in [3.05, 3.63) is 29.6 Å².